The number of carbonyl (C=O) groups is 1. The van der Waals surface area contributed by atoms with Crippen LogP contribution in [0.2, 0.25) is 0 Å². The van der Waals surface area contributed by atoms with Crippen LogP contribution in [0.3, 0.4) is 0 Å². The van der Waals surface area contributed by atoms with Crippen molar-refractivity contribution in [1.29, 1.82) is 5.26 Å². The van der Waals surface area contributed by atoms with E-state index in [1.165, 1.54) is 6.07 Å². The van der Waals surface area contributed by atoms with Gasteiger partial charge in [-0.3, -0.25) is 4.90 Å². The Morgan fingerprint density at radius 2 is 2.04 bits per heavy atom. The standard InChI is InChI=1S/C33H35FN6O5/c1-21(32-36-28-9-8-23(33(41)42)15-29(28)40(32)18-26-10-13-44-26)39-12-11-38(17-25(39)20-43-2)30-4-3-5-31(37-30)45-19-24-7-6-22(16-35)14-27(24)34/h3-9,14-15,21,25-26H,10-13,17-20H2,1-2H3,(H,41,42)/t21-,25?,26?/m0/s1. The number of carboxylic acid groups (broad SMARTS) is 1. The van der Waals surface area contributed by atoms with E-state index in [0.717, 1.165) is 35.7 Å². The zero-order valence-electron chi connectivity index (χ0n) is 25.2. The molecule has 0 aliphatic carbocycles. The van der Waals surface area contributed by atoms with E-state index in [0.29, 0.717) is 44.2 Å². The number of piperazine rings is 1. The minimum Gasteiger partial charge on any atom is -0.478 e. The summed E-state index contributed by atoms with van der Waals surface area (Å²) in [4.78, 5) is 26.0. The van der Waals surface area contributed by atoms with Crippen molar-refractivity contribution in [3.8, 4) is 11.9 Å². The molecule has 0 spiro atoms. The number of rotatable bonds is 11. The lowest BCUT2D eigenvalue weighted by molar-refractivity contribution is -0.0596. The summed E-state index contributed by atoms with van der Waals surface area (Å²) in [6.07, 6.45) is 1.03. The molecule has 0 radical (unpaired) electrons. The highest BCUT2D eigenvalue weighted by molar-refractivity contribution is 5.92. The van der Waals surface area contributed by atoms with Gasteiger partial charge in [0.2, 0.25) is 5.88 Å². The van der Waals surface area contributed by atoms with E-state index in [1.807, 2.05) is 18.2 Å². The van der Waals surface area contributed by atoms with Crippen molar-refractivity contribution < 1.29 is 28.5 Å². The molecular formula is C33H35FN6O5. The molecule has 12 heteroatoms. The fraction of sp³-hybridized carbons (Fsp3) is 0.394. The van der Waals surface area contributed by atoms with Crippen molar-refractivity contribution in [1.82, 2.24) is 19.4 Å². The van der Waals surface area contributed by atoms with E-state index in [2.05, 4.69) is 21.3 Å². The van der Waals surface area contributed by atoms with Gasteiger partial charge in [-0.15, -0.1) is 0 Å². The highest BCUT2D eigenvalue weighted by Crippen LogP contribution is 2.31. The van der Waals surface area contributed by atoms with Crippen LogP contribution in [0.1, 0.15) is 46.7 Å². The number of hydrogen-bond acceptors (Lipinski definition) is 9. The highest BCUT2D eigenvalue weighted by atomic mass is 19.1. The van der Waals surface area contributed by atoms with Gasteiger partial charge >= 0.3 is 5.97 Å². The Bertz CT molecular complexity index is 1730. The van der Waals surface area contributed by atoms with Crippen LogP contribution in [-0.2, 0) is 22.6 Å². The average molecular weight is 615 g/mol. The molecule has 45 heavy (non-hydrogen) atoms. The third kappa shape index (κ3) is 6.47. The number of nitrogens with zero attached hydrogens (tertiary/aromatic N) is 6. The number of pyridine rings is 1. The molecule has 2 aliphatic heterocycles. The van der Waals surface area contributed by atoms with E-state index in [4.69, 9.17) is 29.4 Å². The van der Waals surface area contributed by atoms with Crippen LogP contribution in [0.25, 0.3) is 11.0 Å². The van der Waals surface area contributed by atoms with Gasteiger partial charge in [-0.25, -0.2) is 14.2 Å². The maximum atomic E-state index is 14.4. The predicted molar refractivity (Wildman–Crippen MR) is 164 cm³/mol. The summed E-state index contributed by atoms with van der Waals surface area (Å²) >= 11 is 0. The maximum Gasteiger partial charge on any atom is 0.335 e. The minimum atomic E-state index is -0.972. The number of halogens is 1. The molecule has 2 saturated heterocycles. The van der Waals surface area contributed by atoms with Gasteiger partial charge in [0.25, 0.3) is 0 Å². The van der Waals surface area contributed by atoms with Gasteiger partial charge < -0.3 is 28.8 Å². The number of methoxy groups -OCH3 is 1. The Morgan fingerprint density at radius 1 is 1.20 bits per heavy atom. The number of ether oxygens (including phenoxy) is 3. The van der Waals surface area contributed by atoms with Crippen LogP contribution in [0.5, 0.6) is 5.88 Å². The number of anilines is 1. The molecule has 0 bridgehead atoms. The molecule has 4 heterocycles. The second-order valence-electron chi connectivity index (χ2n) is 11.4. The Morgan fingerprint density at radius 3 is 2.76 bits per heavy atom. The van der Waals surface area contributed by atoms with Crippen LogP contribution >= 0.6 is 0 Å². The first-order valence-electron chi connectivity index (χ1n) is 15.0. The van der Waals surface area contributed by atoms with Gasteiger partial charge in [-0.05, 0) is 49.7 Å². The van der Waals surface area contributed by atoms with Gasteiger partial charge in [0.1, 0.15) is 24.1 Å². The number of aromatic carboxylic acids is 1. The number of aromatic nitrogens is 3. The molecule has 0 saturated carbocycles. The molecule has 2 unspecified atom stereocenters. The molecule has 0 amide bonds. The largest absolute Gasteiger partial charge is 0.478 e. The quantitative estimate of drug-likeness (QED) is 0.260. The van der Waals surface area contributed by atoms with Crippen LogP contribution in [0.15, 0.2) is 54.6 Å². The summed E-state index contributed by atoms with van der Waals surface area (Å²) in [5.41, 5.74) is 2.37. The number of imidazole rings is 1. The molecule has 3 atom stereocenters. The zero-order valence-corrected chi connectivity index (χ0v) is 25.2. The van der Waals surface area contributed by atoms with Gasteiger partial charge in [0.05, 0.1) is 59.6 Å². The van der Waals surface area contributed by atoms with Crippen molar-refractivity contribution in [2.75, 3.05) is 44.9 Å². The van der Waals surface area contributed by atoms with Crippen molar-refractivity contribution in [2.24, 2.45) is 0 Å². The van der Waals surface area contributed by atoms with E-state index in [9.17, 15) is 14.3 Å². The van der Waals surface area contributed by atoms with Gasteiger partial charge in [0.15, 0.2) is 0 Å². The molecular weight excluding hydrogens is 579 g/mol. The number of carboxylic acids is 1. The van der Waals surface area contributed by atoms with Crippen LogP contribution in [-0.4, -0.2) is 82.6 Å². The molecule has 2 aromatic heterocycles. The lowest BCUT2D eigenvalue weighted by Gasteiger charge is -2.44. The Balaban J connectivity index is 1.20. The normalized spacial score (nSPS) is 19.2. The molecule has 2 aromatic carbocycles. The monoisotopic (exact) mass is 614 g/mol. The second-order valence-corrected chi connectivity index (χ2v) is 11.4. The van der Waals surface area contributed by atoms with Crippen molar-refractivity contribution >= 4 is 22.8 Å². The average Bonchev–Trinajstić information content (AvgIpc) is 3.39. The van der Waals surface area contributed by atoms with Gasteiger partial charge in [-0.2, -0.15) is 10.2 Å². The molecule has 234 valence electrons. The molecule has 4 aromatic rings. The maximum absolute atomic E-state index is 14.4. The number of fused-ring (bicyclic) bond motifs is 1. The third-order valence-electron chi connectivity index (χ3n) is 8.55. The van der Waals surface area contributed by atoms with E-state index in [1.54, 1.807) is 43.5 Å². The Kier molecular flexibility index (Phi) is 8.93. The lowest BCUT2D eigenvalue weighted by atomic mass is 10.1. The summed E-state index contributed by atoms with van der Waals surface area (Å²) in [5.74, 6) is 0.523. The zero-order chi connectivity index (χ0) is 31.5. The van der Waals surface area contributed by atoms with Gasteiger partial charge in [0, 0.05) is 45.0 Å². The SMILES string of the molecule is COCC1CN(c2cccc(OCc3ccc(C#N)cc3F)n2)CCN1[C@@H](C)c1nc2ccc(C(=O)O)cc2n1CC1CCO1. The summed E-state index contributed by atoms with van der Waals surface area (Å²) in [6.45, 7) is 6.00. The van der Waals surface area contributed by atoms with Crippen LogP contribution < -0.4 is 9.64 Å². The molecule has 6 rings (SSSR count). The smallest absolute Gasteiger partial charge is 0.335 e. The van der Waals surface area contributed by atoms with Crippen molar-refractivity contribution in [3.63, 3.8) is 0 Å². The highest BCUT2D eigenvalue weighted by Gasteiger charge is 2.34. The van der Waals surface area contributed by atoms with Gasteiger partial charge in [-0.1, -0.05) is 12.1 Å². The Labute approximate surface area is 260 Å². The summed E-state index contributed by atoms with van der Waals surface area (Å²) in [6, 6.07) is 16.8. The molecule has 2 aliphatic rings. The van der Waals surface area contributed by atoms with E-state index >= 15 is 0 Å². The number of benzene rings is 2. The van der Waals surface area contributed by atoms with E-state index in [-0.39, 0.29) is 35.9 Å². The molecule has 1 N–H and O–H groups in total. The topological polar surface area (TPSA) is 126 Å². The van der Waals surface area contributed by atoms with Crippen LogP contribution in [0, 0.1) is 17.1 Å². The summed E-state index contributed by atoms with van der Waals surface area (Å²) in [5, 5.41) is 18.6. The predicted octanol–water partition coefficient (Wildman–Crippen LogP) is 4.41. The fourth-order valence-electron chi connectivity index (χ4n) is 6.04. The first-order valence-corrected chi connectivity index (χ1v) is 15.0. The lowest BCUT2D eigenvalue weighted by Crippen LogP contribution is -2.56. The summed E-state index contributed by atoms with van der Waals surface area (Å²) < 4.78 is 33.7. The number of hydrogen-bond donors (Lipinski definition) is 1. The van der Waals surface area contributed by atoms with E-state index < -0.39 is 11.8 Å². The first kappa shape index (κ1) is 30.5. The van der Waals surface area contributed by atoms with Crippen molar-refractivity contribution in [2.45, 2.75) is 44.7 Å². The minimum absolute atomic E-state index is 0.00750. The summed E-state index contributed by atoms with van der Waals surface area (Å²) in [7, 11) is 1.69. The molecule has 2 fully saturated rings. The van der Waals surface area contributed by atoms with Crippen LogP contribution in [0.4, 0.5) is 10.2 Å². The number of nitriles is 1. The van der Waals surface area contributed by atoms with Crippen molar-refractivity contribution in [3.05, 3.63) is 82.9 Å². The Hall–Kier alpha value is -4.57. The third-order valence-corrected chi connectivity index (χ3v) is 8.55. The molecule has 11 nitrogen and oxygen atoms in total. The first-order chi connectivity index (χ1) is 21.8. The fourth-order valence-corrected chi connectivity index (χ4v) is 6.04. The second kappa shape index (κ2) is 13.2.